The quantitative estimate of drug-likeness (QED) is 0.166. The van der Waals surface area contributed by atoms with Crippen LogP contribution in [0.1, 0.15) is 98.5 Å². The smallest absolute Gasteiger partial charge is 0.510 e. The molecule has 0 unspecified atom stereocenters. The van der Waals surface area contributed by atoms with Gasteiger partial charge >= 0.3 is 21.1 Å². The first-order valence-corrected chi connectivity index (χ1v) is 18.0. The van der Waals surface area contributed by atoms with Crippen LogP contribution in [0.25, 0.3) is 27.6 Å². The Labute approximate surface area is 322 Å². The van der Waals surface area contributed by atoms with Gasteiger partial charge in [0.25, 0.3) is 0 Å². The summed E-state index contributed by atoms with van der Waals surface area (Å²) in [6.07, 6.45) is 1.85. The van der Waals surface area contributed by atoms with Gasteiger partial charge in [0.1, 0.15) is 22.7 Å². The van der Waals surface area contributed by atoms with Gasteiger partial charge in [-0.3, -0.25) is 4.99 Å². The maximum atomic E-state index is 7.02. The molecule has 0 spiro atoms. The van der Waals surface area contributed by atoms with Crippen LogP contribution in [0.4, 0.5) is 0 Å². The SMILES string of the molecule is Cc1cc(Oc2[c-]c(C3=N[C@]4(C)c5cc(C)cc(C)c5C(C)(C)[C@]4(C)O3)c(C)cc2C)[c-]c(-n2c3ccc(C(C)(C)C)cc3c3cccnc32)c1.[Pt+2]. The van der Waals surface area contributed by atoms with E-state index >= 15 is 0 Å². The van der Waals surface area contributed by atoms with Gasteiger partial charge in [-0.15, -0.1) is 29.8 Å². The van der Waals surface area contributed by atoms with Gasteiger partial charge in [-0.25, -0.2) is 4.98 Å². The summed E-state index contributed by atoms with van der Waals surface area (Å²) in [5.74, 6) is 1.85. The molecule has 1 aliphatic carbocycles. The molecule has 0 N–H and O–H groups in total. The first kappa shape index (κ1) is 36.2. The molecule has 2 aromatic heterocycles. The molecule has 0 saturated carbocycles. The molecule has 52 heavy (non-hydrogen) atoms. The van der Waals surface area contributed by atoms with Gasteiger partial charge in [-0.2, -0.15) is 5.56 Å². The molecule has 5 nitrogen and oxygen atoms in total. The molecule has 0 fully saturated rings. The minimum Gasteiger partial charge on any atom is -0.510 e. The zero-order valence-electron chi connectivity index (χ0n) is 32.3. The number of fused-ring (bicyclic) bond motifs is 6. The van der Waals surface area contributed by atoms with Crippen molar-refractivity contribution < 1.29 is 30.5 Å². The topological polar surface area (TPSA) is 48.6 Å². The Bertz CT molecular complexity index is 2480. The summed E-state index contributed by atoms with van der Waals surface area (Å²) < 4.78 is 15.9. The van der Waals surface area contributed by atoms with Gasteiger partial charge in [0.05, 0.1) is 5.52 Å². The number of hydrogen-bond acceptors (Lipinski definition) is 4. The van der Waals surface area contributed by atoms with E-state index in [1.807, 2.05) is 18.3 Å². The van der Waals surface area contributed by atoms with Crippen molar-refractivity contribution in [3.63, 3.8) is 0 Å². The third-order valence-corrected chi connectivity index (χ3v) is 11.8. The Morgan fingerprint density at radius 1 is 0.788 bits per heavy atom. The molecule has 6 aromatic rings. The van der Waals surface area contributed by atoms with E-state index in [0.29, 0.717) is 17.4 Å². The molecular weight excluding hydrogens is 822 g/mol. The molecule has 3 heterocycles. The Balaban J connectivity index is 0.00000420. The molecule has 0 amide bonds. The number of aryl methyl sites for hydroxylation is 5. The number of ether oxygens (including phenoxy) is 2. The van der Waals surface area contributed by atoms with Gasteiger partial charge < -0.3 is 14.0 Å². The van der Waals surface area contributed by atoms with Crippen LogP contribution in [0.2, 0.25) is 0 Å². The van der Waals surface area contributed by atoms with Crippen LogP contribution in [-0.4, -0.2) is 21.0 Å². The summed E-state index contributed by atoms with van der Waals surface area (Å²) in [5.41, 5.74) is 11.8. The van der Waals surface area contributed by atoms with E-state index < -0.39 is 11.1 Å². The second kappa shape index (κ2) is 11.9. The maximum Gasteiger partial charge on any atom is 2.00 e. The number of hydrogen-bond donors (Lipinski definition) is 0. The van der Waals surface area contributed by atoms with Gasteiger partial charge in [0.15, 0.2) is 0 Å². The van der Waals surface area contributed by atoms with Crippen LogP contribution >= 0.6 is 0 Å². The maximum absolute atomic E-state index is 7.02. The van der Waals surface area contributed by atoms with Gasteiger partial charge in [0, 0.05) is 33.9 Å². The standard InChI is InChI=1S/C46H47N3O2.Pt/c1-26-18-30(5)40-37(21-26)45(11)46(12,44(40,9)10)51-42(48-45)35-25-39(29(4)22-28(35)3)50-33-20-27(2)19-32(24-33)49-38-16-15-31(43(6,7)8)23-36(38)34-14-13-17-47-41(34)49;/h13-23H,1-12H3;/q-2;+2/t45-,46+;/m1./s1. The Morgan fingerprint density at radius 3 is 2.25 bits per heavy atom. The fourth-order valence-electron chi connectivity index (χ4n) is 8.81. The molecule has 2 atom stereocenters. The number of aromatic nitrogens is 2. The average molecular weight is 869 g/mol. The second-order valence-electron chi connectivity index (χ2n) is 16.8. The summed E-state index contributed by atoms with van der Waals surface area (Å²) in [6, 6.07) is 29.0. The second-order valence-corrected chi connectivity index (χ2v) is 16.8. The molecule has 0 radical (unpaired) electrons. The van der Waals surface area contributed by atoms with Crippen molar-refractivity contribution in [2.75, 3.05) is 0 Å². The number of aliphatic imine (C=N–C) groups is 1. The van der Waals surface area contributed by atoms with Crippen LogP contribution in [-0.2, 0) is 42.2 Å². The predicted octanol–water partition coefficient (Wildman–Crippen LogP) is 11.2. The Hall–Kier alpha value is -4.21. The van der Waals surface area contributed by atoms with E-state index in [4.69, 9.17) is 19.5 Å². The molecule has 2 aliphatic rings. The van der Waals surface area contributed by atoms with Crippen molar-refractivity contribution in [1.82, 2.24) is 9.55 Å². The minimum atomic E-state index is -0.578. The number of benzene rings is 4. The van der Waals surface area contributed by atoms with Gasteiger partial charge in [-0.05, 0) is 79.6 Å². The molecular formula is C46H47N3O2Pt. The third-order valence-electron chi connectivity index (χ3n) is 11.8. The third kappa shape index (κ3) is 5.13. The van der Waals surface area contributed by atoms with Crippen molar-refractivity contribution >= 4 is 27.8 Å². The molecule has 0 bridgehead atoms. The van der Waals surface area contributed by atoms with Crippen molar-refractivity contribution in [2.45, 2.75) is 105 Å². The van der Waals surface area contributed by atoms with Crippen LogP contribution in [0.5, 0.6) is 11.5 Å². The molecule has 0 saturated heterocycles. The first-order valence-electron chi connectivity index (χ1n) is 18.0. The molecule has 1 aliphatic heterocycles. The van der Waals surface area contributed by atoms with Crippen molar-refractivity contribution in [3.8, 4) is 17.2 Å². The van der Waals surface area contributed by atoms with Crippen molar-refractivity contribution in [1.29, 1.82) is 0 Å². The van der Waals surface area contributed by atoms with Gasteiger partial charge in [-0.1, -0.05) is 102 Å². The molecule has 4 aromatic carbocycles. The summed E-state index contributed by atoms with van der Waals surface area (Å²) in [5, 5.41) is 2.29. The zero-order valence-corrected chi connectivity index (χ0v) is 34.6. The molecule has 6 heteroatoms. The fraction of sp³-hybridized carbons (Fsp3) is 0.348. The fourth-order valence-corrected chi connectivity index (χ4v) is 8.81. The summed E-state index contributed by atoms with van der Waals surface area (Å²) >= 11 is 0. The van der Waals surface area contributed by atoms with E-state index in [1.165, 1.54) is 33.2 Å². The average Bonchev–Trinajstić information content (AvgIpc) is 3.57. The number of rotatable bonds is 4. The largest absolute Gasteiger partial charge is 2.00 e. The Morgan fingerprint density at radius 2 is 1.52 bits per heavy atom. The predicted molar refractivity (Wildman–Crippen MR) is 208 cm³/mol. The summed E-state index contributed by atoms with van der Waals surface area (Å²) in [4.78, 5) is 10.3. The van der Waals surface area contributed by atoms with E-state index in [1.54, 1.807) is 0 Å². The molecule has 8 rings (SSSR count). The number of pyridine rings is 1. The summed E-state index contributed by atoms with van der Waals surface area (Å²) in [6.45, 7) is 26.4. The van der Waals surface area contributed by atoms with E-state index in [9.17, 15) is 0 Å². The monoisotopic (exact) mass is 868 g/mol. The van der Waals surface area contributed by atoms with Crippen LogP contribution in [0.3, 0.4) is 0 Å². The van der Waals surface area contributed by atoms with Crippen molar-refractivity contribution in [3.05, 3.63) is 129 Å². The van der Waals surface area contributed by atoms with E-state index in [0.717, 1.165) is 44.5 Å². The normalized spacial score (nSPS) is 20.3. The molecule has 268 valence electrons. The number of nitrogens with zero attached hydrogens (tertiary/aromatic N) is 3. The van der Waals surface area contributed by atoms with E-state index in [-0.39, 0.29) is 31.9 Å². The van der Waals surface area contributed by atoms with E-state index in [2.05, 4.69) is 148 Å². The Kier molecular flexibility index (Phi) is 8.28. The first-order chi connectivity index (χ1) is 23.9. The van der Waals surface area contributed by atoms with Gasteiger partial charge in [0.2, 0.25) is 0 Å². The van der Waals surface area contributed by atoms with Crippen molar-refractivity contribution in [2.24, 2.45) is 4.99 Å². The van der Waals surface area contributed by atoms with Crippen LogP contribution in [0, 0.1) is 46.8 Å². The zero-order chi connectivity index (χ0) is 36.4. The van der Waals surface area contributed by atoms with Crippen LogP contribution in [0.15, 0.2) is 71.9 Å². The minimum absolute atomic E-state index is 0. The summed E-state index contributed by atoms with van der Waals surface area (Å²) in [7, 11) is 0. The van der Waals surface area contributed by atoms with Crippen LogP contribution < -0.4 is 4.74 Å².